The highest BCUT2D eigenvalue weighted by molar-refractivity contribution is 5.82. The quantitative estimate of drug-likeness (QED) is 0.808. The number of carbonyl (C=O) groups is 1. The number of hydrogen-bond acceptors (Lipinski definition) is 2. The molecule has 0 aliphatic heterocycles. The van der Waals surface area contributed by atoms with Gasteiger partial charge in [0.1, 0.15) is 0 Å². The lowest BCUT2D eigenvalue weighted by Gasteiger charge is -2.45. The van der Waals surface area contributed by atoms with Crippen LogP contribution in [0.5, 0.6) is 0 Å². The highest BCUT2D eigenvalue weighted by Crippen LogP contribution is 2.45. The molecule has 3 N–H and O–H groups in total. The molecule has 0 aromatic carbocycles. The van der Waals surface area contributed by atoms with E-state index in [0.717, 1.165) is 12.8 Å². The Hall–Kier alpha value is -0.570. The van der Waals surface area contributed by atoms with E-state index >= 15 is 0 Å². The summed E-state index contributed by atoms with van der Waals surface area (Å²) in [6.07, 6.45) is 3.29. The van der Waals surface area contributed by atoms with Crippen LogP contribution >= 0.6 is 0 Å². The average Bonchev–Trinajstić information content (AvgIpc) is 2.09. The minimum atomic E-state index is -0.444. The van der Waals surface area contributed by atoms with Gasteiger partial charge in [0, 0.05) is 6.04 Å². The fourth-order valence-electron chi connectivity index (χ4n) is 3.63. The summed E-state index contributed by atoms with van der Waals surface area (Å²) in [5, 5.41) is 3.17. The van der Waals surface area contributed by atoms with E-state index in [4.69, 9.17) is 5.73 Å². The van der Waals surface area contributed by atoms with Crippen molar-refractivity contribution in [1.29, 1.82) is 0 Å². The molecule has 0 saturated heterocycles. The molecule has 19 heavy (non-hydrogen) atoms. The standard InChI is InChI=1S/C16H32N2O/c1-14(2,3)12(17)13(19)18-11-8-15(4,5)10-16(6,7)9-11/h11-12H,8-10,17H2,1-7H3,(H,18,19). The molecule has 1 fully saturated rings. The number of amides is 1. The average molecular weight is 268 g/mol. The minimum Gasteiger partial charge on any atom is -0.352 e. The Morgan fingerprint density at radius 1 is 1.16 bits per heavy atom. The monoisotopic (exact) mass is 268 g/mol. The number of hydrogen-bond donors (Lipinski definition) is 2. The predicted octanol–water partition coefficient (Wildman–Crippen LogP) is 3.08. The molecule has 0 radical (unpaired) electrons. The lowest BCUT2D eigenvalue weighted by Crippen LogP contribution is -2.54. The van der Waals surface area contributed by atoms with Crippen molar-refractivity contribution in [2.75, 3.05) is 0 Å². The van der Waals surface area contributed by atoms with Crippen molar-refractivity contribution in [3.05, 3.63) is 0 Å². The van der Waals surface area contributed by atoms with Gasteiger partial charge in [-0.25, -0.2) is 0 Å². The second-order valence-corrected chi connectivity index (χ2v) is 8.96. The van der Waals surface area contributed by atoms with Gasteiger partial charge < -0.3 is 11.1 Å². The van der Waals surface area contributed by atoms with Crippen LogP contribution in [0.3, 0.4) is 0 Å². The Morgan fingerprint density at radius 3 is 1.95 bits per heavy atom. The highest BCUT2D eigenvalue weighted by Gasteiger charge is 2.40. The van der Waals surface area contributed by atoms with E-state index in [1.165, 1.54) is 6.42 Å². The third kappa shape index (κ3) is 4.79. The molecular weight excluding hydrogens is 236 g/mol. The summed E-state index contributed by atoms with van der Waals surface area (Å²) in [6, 6.07) is -0.194. The predicted molar refractivity (Wildman–Crippen MR) is 80.8 cm³/mol. The summed E-state index contributed by atoms with van der Waals surface area (Å²) >= 11 is 0. The van der Waals surface area contributed by atoms with E-state index in [-0.39, 0.29) is 28.2 Å². The van der Waals surface area contributed by atoms with Crippen LogP contribution in [-0.2, 0) is 4.79 Å². The minimum absolute atomic E-state index is 0.00833. The zero-order valence-electron chi connectivity index (χ0n) is 13.8. The first-order chi connectivity index (χ1) is 8.32. The maximum absolute atomic E-state index is 12.2. The Labute approximate surface area is 118 Å². The maximum Gasteiger partial charge on any atom is 0.237 e. The van der Waals surface area contributed by atoms with Crippen molar-refractivity contribution < 1.29 is 4.79 Å². The van der Waals surface area contributed by atoms with Gasteiger partial charge >= 0.3 is 0 Å². The van der Waals surface area contributed by atoms with Crippen LogP contribution in [0.15, 0.2) is 0 Å². The van der Waals surface area contributed by atoms with Crippen LogP contribution in [0, 0.1) is 16.2 Å². The zero-order valence-corrected chi connectivity index (χ0v) is 13.8. The fraction of sp³-hybridized carbons (Fsp3) is 0.938. The van der Waals surface area contributed by atoms with Crippen LogP contribution in [0.1, 0.15) is 67.7 Å². The summed E-state index contributed by atoms with van der Waals surface area (Å²) < 4.78 is 0. The van der Waals surface area contributed by atoms with Crippen LogP contribution in [0.4, 0.5) is 0 Å². The summed E-state index contributed by atoms with van der Waals surface area (Å²) in [5.74, 6) is -0.00833. The molecule has 1 aliphatic carbocycles. The molecule has 0 aromatic heterocycles. The fourth-order valence-corrected chi connectivity index (χ4v) is 3.63. The molecule has 1 amide bonds. The molecule has 0 bridgehead atoms. The molecular formula is C16H32N2O. The number of nitrogens with one attached hydrogen (secondary N) is 1. The molecule has 1 atom stereocenters. The molecule has 0 heterocycles. The summed E-state index contributed by atoms with van der Waals surface area (Å²) in [7, 11) is 0. The van der Waals surface area contributed by atoms with E-state index in [2.05, 4.69) is 33.0 Å². The van der Waals surface area contributed by atoms with E-state index < -0.39 is 6.04 Å². The molecule has 3 heteroatoms. The Kier molecular flexibility index (Phi) is 4.41. The highest BCUT2D eigenvalue weighted by atomic mass is 16.2. The van der Waals surface area contributed by atoms with Crippen molar-refractivity contribution >= 4 is 5.91 Å². The summed E-state index contributed by atoms with van der Waals surface area (Å²) in [6.45, 7) is 15.2. The van der Waals surface area contributed by atoms with Gasteiger partial charge in [0.2, 0.25) is 5.91 Å². The first-order valence-electron chi connectivity index (χ1n) is 7.38. The molecule has 1 unspecified atom stereocenters. The number of rotatable bonds is 2. The SMILES string of the molecule is CC1(C)CC(NC(=O)C(N)C(C)(C)C)CC(C)(C)C1. The maximum atomic E-state index is 12.2. The van der Waals surface area contributed by atoms with Crippen LogP contribution in [0.2, 0.25) is 0 Å². The van der Waals surface area contributed by atoms with Gasteiger partial charge in [0.15, 0.2) is 0 Å². The lowest BCUT2D eigenvalue weighted by atomic mass is 9.63. The van der Waals surface area contributed by atoms with Crippen molar-refractivity contribution in [2.45, 2.75) is 79.8 Å². The first-order valence-corrected chi connectivity index (χ1v) is 7.38. The summed E-state index contributed by atoms with van der Waals surface area (Å²) in [5.41, 5.74) is 6.41. The molecule has 0 aromatic rings. The lowest BCUT2D eigenvalue weighted by molar-refractivity contribution is -0.126. The smallest absolute Gasteiger partial charge is 0.237 e. The number of nitrogens with two attached hydrogens (primary N) is 1. The van der Waals surface area contributed by atoms with Gasteiger partial charge in [-0.2, -0.15) is 0 Å². The van der Waals surface area contributed by atoms with E-state index in [0.29, 0.717) is 0 Å². The van der Waals surface area contributed by atoms with Gasteiger partial charge in [-0.1, -0.05) is 48.5 Å². The van der Waals surface area contributed by atoms with Gasteiger partial charge in [-0.15, -0.1) is 0 Å². The normalized spacial score (nSPS) is 24.8. The zero-order chi connectivity index (χ0) is 15.1. The van der Waals surface area contributed by atoms with Crippen molar-refractivity contribution in [3.8, 4) is 0 Å². The molecule has 112 valence electrons. The van der Waals surface area contributed by atoms with Crippen molar-refractivity contribution in [1.82, 2.24) is 5.32 Å². The topological polar surface area (TPSA) is 55.1 Å². The largest absolute Gasteiger partial charge is 0.352 e. The Balaban J connectivity index is 2.69. The molecule has 3 nitrogen and oxygen atoms in total. The second-order valence-electron chi connectivity index (χ2n) is 8.96. The van der Waals surface area contributed by atoms with E-state index in [1.807, 2.05) is 20.8 Å². The van der Waals surface area contributed by atoms with Gasteiger partial charge in [0.05, 0.1) is 6.04 Å². The molecule has 1 rings (SSSR count). The Bertz CT molecular complexity index is 323. The Morgan fingerprint density at radius 2 is 1.58 bits per heavy atom. The first kappa shape index (κ1) is 16.5. The number of carbonyl (C=O) groups excluding carboxylic acids is 1. The van der Waals surface area contributed by atoms with Gasteiger partial charge in [0.25, 0.3) is 0 Å². The molecule has 1 saturated carbocycles. The third-order valence-corrected chi connectivity index (χ3v) is 4.12. The molecule has 0 spiro atoms. The second kappa shape index (κ2) is 5.08. The van der Waals surface area contributed by atoms with Crippen LogP contribution in [-0.4, -0.2) is 18.0 Å². The van der Waals surface area contributed by atoms with Crippen molar-refractivity contribution in [2.24, 2.45) is 22.0 Å². The van der Waals surface area contributed by atoms with Crippen LogP contribution < -0.4 is 11.1 Å². The third-order valence-electron chi connectivity index (χ3n) is 4.12. The van der Waals surface area contributed by atoms with Crippen molar-refractivity contribution in [3.63, 3.8) is 0 Å². The van der Waals surface area contributed by atoms with Gasteiger partial charge in [-0.3, -0.25) is 4.79 Å². The van der Waals surface area contributed by atoms with E-state index in [1.54, 1.807) is 0 Å². The summed E-state index contributed by atoms with van der Waals surface area (Å²) in [4.78, 5) is 12.2. The van der Waals surface area contributed by atoms with Gasteiger partial charge in [-0.05, 0) is 35.5 Å². The molecule has 1 aliphatic rings. The van der Waals surface area contributed by atoms with Crippen LogP contribution in [0.25, 0.3) is 0 Å². The van der Waals surface area contributed by atoms with E-state index in [9.17, 15) is 4.79 Å².